The molecule has 1 heterocycles. The topological polar surface area (TPSA) is 76.1 Å². The van der Waals surface area contributed by atoms with Gasteiger partial charge in [-0.05, 0) is 38.0 Å². The van der Waals surface area contributed by atoms with Crippen LogP contribution >= 0.6 is 0 Å². The molecule has 1 saturated heterocycles. The first kappa shape index (κ1) is 15.2. The Morgan fingerprint density at radius 2 is 1.90 bits per heavy atom. The van der Waals surface area contributed by atoms with Gasteiger partial charge in [-0.25, -0.2) is 4.79 Å². The van der Waals surface area contributed by atoms with Crippen LogP contribution in [0.15, 0.2) is 18.2 Å². The third-order valence-corrected chi connectivity index (χ3v) is 3.30. The molecule has 114 valence electrons. The van der Waals surface area contributed by atoms with Crippen LogP contribution in [0.3, 0.4) is 0 Å². The Labute approximate surface area is 123 Å². The van der Waals surface area contributed by atoms with Crippen molar-refractivity contribution in [2.24, 2.45) is 0 Å². The highest BCUT2D eigenvalue weighted by atomic mass is 16.5. The molecule has 2 rings (SSSR count). The van der Waals surface area contributed by atoms with Gasteiger partial charge in [0.05, 0.1) is 12.2 Å². The first-order valence-corrected chi connectivity index (χ1v) is 7.02. The fourth-order valence-corrected chi connectivity index (χ4v) is 2.23. The molecule has 1 aromatic carbocycles. The van der Waals surface area contributed by atoms with Gasteiger partial charge in [0.1, 0.15) is 0 Å². The third kappa shape index (κ3) is 3.87. The fourth-order valence-electron chi connectivity index (χ4n) is 2.23. The molecule has 1 N–H and O–H groups in total. The maximum atomic E-state index is 11.9. The Bertz CT molecular complexity index is 523. The molecule has 1 amide bonds. The van der Waals surface area contributed by atoms with E-state index in [2.05, 4.69) is 0 Å². The summed E-state index contributed by atoms with van der Waals surface area (Å²) in [4.78, 5) is 24.7. The van der Waals surface area contributed by atoms with Crippen molar-refractivity contribution in [3.8, 4) is 11.5 Å². The number of carboxylic acids is 1. The van der Waals surface area contributed by atoms with Crippen molar-refractivity contribution >= 4 is 11.9 Å². The summed E-state index contributed by atoms with van der Waals surface area (Å²) in [6.45, 7) is 3.68. The zero-order chi connectivity index (χ0) is 15.2. The molecule has 0 saturated carbocycles. The highest BCUT2D eigenvalue weighted by Gasteiger charge is 2.19. The second-order valence-corrected chi connectivity index (χ2v) is 4.78. The first-order chi connectivity index (χ1) is 10.1. The molecule has 21 heavy (non-hydrogen) atoms. The van der Waals surface area contributed by atoms with Gasteiger partial charge in [0.25, 0.3) is 5.91 Å². The molecule has 1 aliphatic rings. The Morgan fingerprint density at radius 3 is 2.52 bits per heavy atom. The summed E-state index contributed by atoms with van der Waals surface area (Å²) in [5, 5.41) is 8.97. The second kappa shape index (κ2) is 6.97. The fraction of sp³-hybridized carbons (Fsp3) is 0.467. The molecule has 0 radical (unpaired) electrons. The van der Waals surface area contributed by atoms with Gasteiger partial charge in [-0.1, -0.05) is 0 Å². The Balaban J connectivity index is 2.04. The van der Waals surface area contributed by atoms with Crippen molar-refractivity contribution in [2.45, 2.75) is 19.8 Å². The minimum absolute atomic E-state index is 0.0581. The zero-order valence-electron chi connectivity index (χ0n) is 12.0. The summed E-state index contributed by atoms with van der Waals surface area (Å²) in [6, 6.07) is 4.35. The summed E-state index contributed by atoms with van der Waals surface area (Å²) in [6.07, 6.45) is 2.06. The lowest BCUT2D eigenvalue weighted by molar-refractivity contribution is -0.132. The van der Waals surface area contributed by atoms with Gasteiger partial charge in [0.2, 0.25) is 0 Å². The highest BCUT2D eigenvalue weighted by molar-refractivity contribution is 5.88. The summed E-state index contributed by atoms with van der Waals surface area (Å²) in [5.74, 6) is -0.367. The SMILES string of the molecule is CCOc1cc(C(=O)O)ccc1OCC(=O)N1CCCC1. The maximum Gasteiger partial charge on any atom is 0.335 e. The number of carboxylic acid groups (broad SMARTS) is 1. The number of likely N-dealkylation sites (tertiary alicyclic amines) is 1. The van der Waals surface area contributed by atoms with Crippen molar-refractivity contribution in [1.29, 1.82) is 0 Å². The lowest BCUT2D eigenvalue weighted by atomic mass is 10.2. The van der Waals surface area contributed by atoms with Crippen LogP contribution in [0.5, 0.6) is 11.5 Å². The molecule has 6 nitrogen and oxygen atoms in total. The van der Waals surface area contributed by atoms with Crippen molar-refractivity contribution in [3.63, 3.8) is 0 Å². The van der Waals surface area contributed by atoms with E-state index in [1.54, 1.807) is 11.8 Å². The number of ether oxygens (including phenoxy) is 2. The van der Waals surface area contributed by atoms with Crippen LogP contribution in [-0.4, -0.2) is 48.2 Å². The van der Waals surface area contributed by atoms with Crippen molar-refractivity contribution < 1.29 is 24.2 Å². The van der Waals surface area contributed by atoms with Gasteiger partial charge >= 0.3 is 5.97 Å². The Morgan fingerprint density at radius 1 is 1.19 bits per heavy atom. The van der Waals surface area contributed by atoms with Gasteiger partial charge in [0, 0.05) is 13.1 Å². The molecule has 0 spiro atoms. The molecular weight excluding hydrogens is 274 g/mol. The largest absolute Gasteiger partial charge is 0.490 e. The van der Waals surface area contributed by atoms with Crippen LogP contribution in [0.25, 0.3) is 0 Å². The molecule has 0 unspecified atom stereocenters. The number of benzene rings is 1. The van der Waals surface area contributed by atoms with Crippen LogP contribution in [0.1, 0.15) is 30.1 Å². The zero-order valence-corrected chi connectivity index (χ0v) is 12.0. The molecule has 0 aliphatic carbocycles. The van der Waals surface area contributed by atoms with E-state index < -0.39 is 5.97 Å². The molecule has 1 fully saturated rings. The second-order valence-electron chi connectivity index (χ2n) is 4.78. The van der Waals surface area contributed by atoms with E-state index in [1.165, 1.54) is 18.2 Å². The van der Waals surface area contributed by atoms with E-state index in [0.717, 1.165) is 25.9 Å². The van der Waals surface area contributed by atoms with Crippen LogP contribution in [0, 0.1) is 0 Å². The number of amides is 1. The molecule has 0 aromatic heterocycles. The van der Waals surface area contributed by atoms with Crippen LogP contribution in [-0.2, 0) is 4.79 Å². The van der Waals surface area contributed by atoms with Gasteiger partial charge < -0.3 is 19.5 Å². The number of nitrogens with zero attached hydrogens (tertiary/aromatic N) is 1. The summed E-state index contributed by atoms with van der Waals surface area (Å²) in [7, 11) is 0. The van der Waals surface area contributed by atoms with Crippen molar-refractivity contribution in [1.82, 2.24) is 4.90 Å². The molecule has 0 bridgehead atoms. The summed E-state index contributed by atoms with van der Waals surface area (Å²) >= 11 is 0. The predicted molar refractivity (Wildman–Crippen MR) is 75.9 cm³/mol. The van der Waals surface area contributed by atoms with Gasteiger partial charge in [-0.2, -0.15) is 0 Å². The average molecular weight is 293 g/mol. The van der Waals surface area contributed by atoms with E-state index >= 15 is 0 Å². The normalized spacial score (nSPS) is 14.0. The highest BCUT2D eigenvalue weighted by Crippen LogP contribution is 2.28. The minimum atomic E-state index is -1.03. The lowest BCUT2D eigenvalue weighted by Gasteiger charge is -2.17. The summed E-state index contributed by atoms with van der Waals surface area (Å²) in [5.41, 5.74) is 0.122. The standard InChI is InChI=1S/C15H19NO5/c1-2-20-13-9-11(15(18)19)5-6-12(13)21-10-14(17)16-7-3-4-8-16/h5-6,9H,2-4,7-8,10H2,1H3,(H,18,19). The monoisotopic (exact) mass is 293 g/mol. The van der Waals surface area contributed by atoms with Gasteiger partial charge in [-0.3, -0.25) is 4.79 Å². The number of hydrogen-bond acceptors (Lipinski definition) is 4. The average Bonchev–Trinajstić information content (AvgIpc) is 3.00. The van der Waals surface area contributed by atoms with E-state index in [1.807, 2.05) is 0 Å². The number of hydrogen-bond donors (Lipinski definition) is 1. The van der Waals surface area contributed by atoms with E-state index in [9.17, 15) is 9.59 Å². The van der Waals surface area contributed by atoms with Crippen molar-refractivity contribution in [2.75, 3.05) is 26.3 Å². The van der Waals surface area contributed by atoms with E-state index in [-0.39, 0.29) is 18.1 Å². The lowest BCUT2D eigenvalue weighted by Crippen LogP contribution is -2.32. The Hall–Kier alpha value is -2.24. The van der Waals surface area contributed by atoms with E-state index in [0.29, 0.717) is 18.1 Å². The van der Waals surface area contributed by atoms with Crippen LogP contribution in [0.2, 0.25) is 0 Å². The predicted octanol–water partition coefficient (Wildman–Crippen LogP) is 1.78. The third-order valence-electron chi connectivity index (χ3n) is 3.30. The van der Waals surface area contributed by atoms with Crippen molar-refractivity contribution in [3.05, 3.63) is 23.8 Å². The number of aromatic carboxylic acids is 1. The number of rotatable bonds is 6. The Kier molecular flexibility index (Phi) is 5.03. The van der Waals surface area contributed by atoms with Crippen LogP contribution in [0.4, 0.5) is 0 Å². The molecule has 6 heteroatoms. The molecular formula is C15H19NO5. The van der Waals surface area contributed by atoms with E-state index in [4.69, 9.17) is 14.6 Å². The number of carbonyl (C=O) groups is 2. The van der Waals surface area contributed by atoms with Crippen LogP contribution < -0.4 is 9.47 Å². The quantitative estimate of drug-likeness (QED) is 0.865. The maximum absolute atomic E-state index is 11.9. The van der Waals surface area contributed by atoms with Gasteiger partial charge in [-0.15, -0.1) is 0 Å². The van der Waals surface area contributed by atoms with Gasteiger partial charge in [0.15, 0.2) is 18.1 Å². The summed E-state index contributed by atoms with van der Waals surface area (Å²) < 4.78 is 10.9. The molecule has 0 atom stereocenters. The smallest absolute Gasteiger partial charge is 0.335 e. The minimum Gasteiger partial charge on any atom is -0.490 e. The number of carbonyl (C=O) groups excluding carboxylic acids is 1. The first-order valence-electron chi connectivity index (χ1n) is 7.02. The molecule has 1 aromatic rings. The molecule has 1 aliphatic heterocycles.